The van der Waals surface area contributed by atoms with Crippen LogP contribution in [0.1, 0.15) is 40.0 Å². The monoisotopic (exact) mass is 382 g/mol. The van der Waals surface area contributed by atoms with Crippen LogP contribution < -0.4 is 10.6 Å². The largest absolute Gasteiger partial charge is 0.373 e. The van der Waals surface area contributed by atoms with E-state index in [0.29, 0.717) is 12.2 Å². The van der Waals surface area contributed by atoms with Crippen molar-refractivity contribution in [1.82, 2.24) is 15.5 Å². The fourth-order valence-electron chi connectivity index (χ4n) is 4.08. The lowest BCUT2D eigenvalue weighted by Crippen LogP contribution is -2.36. The molecule has 3 aliphatic rings. The molecule has 1 fully saturated rings. The third-order valence-corrected chi connectivity index (χ3v) is 5.92. The number of carbonyl (C=O) groups excluding carboxylic acids is 1. The van der Waals surface area contributed by atoms with E-state index in [1.54, 1.807) is 0 Å². The van der Waals surface area contributed by atoms with Gasteiger partial charge in [-0.25, -0.2) is 0 Å². The number of likely N-dealkylation sites (N-methyl/N-ethyl adjacent to an activating group) is 2. The van der Waals surface area contributed by atoms with Crippen LogP contribution in [-0.4, -0.2) is 50.1 Å². The molecular formula is C23H34N4O. The normalized spacial score (nSPS) is 24.0. The van der Waals surface area contributed by atoms with Crippen molar-refractivity contribution in [3.63, 3.8) is 0 Å². The van der Waals surface area contributed by atoms with Crippen LogP contribution in [0.25, 0.3) is 0 Å². The fraction of sp³-hybridized carbons (Fsp3) is 0.565. The van der Waals surface area contributed by atoms with Crippen molar-refractivity contribution < 1.29 is 4.79 Å². The van der Waals surface area contributed by atoms with Crippen LogP contribution in [0.4, 0.5) is 0 Å². The van der Waals surface area contributed by atoms with Crippen LogP contribution in [-0.2, 0) is 4.79 Å². The summed E-state index contributed by atoms with van der Waals surface area (Å²) in [6, 6.07) is -0.000818. The van der Waals surface area contributed by atoms with E-state index < -0.39 is 0 Å². The van der Waals surface area contributed by atoms with Gasteiger partial charge in [-0.3, -0.25) is 9.79 Å². The summed E-state index contributed by atoms with van der Waals surface area (Å²) in [7, 11) is 4.10. The van der Waals surface area contributed by atoms with Gasteiger partial charge >= 0.3 is 0 Å². The Hall–Kier alpha value is -2.14. The Balaban J connectivity index is 1.77. The van der Waals surface area contributed by atoms with Crippen molar-refractivity contribution in [2.75, 3.05) is 27.2 Å². The second-order valence-electron chi connectivity index (χ2n) is 8.24. The standard InChI is InChI=1S/C23H34N4O/c1-6-15(2)23(28)21-19(20(24-4)9-10-26-21)13-25-12-17-11-16(3)22(18-7-8-18)27(5)14-17/h9-11,13,15,18,20,24,26H,6-8,12,14H2,1-5H3. The number of Topliss-reactive ketones (excluding diaryl/α,β-unsaturated/α-hetero) is 1. The van der Waals surface area contributed by atoms with Gasteiger partial charge in [-0.2, -0.15) is 0 Å². The summed E-state index contributed by atoms with van der Waals surface area (Å²) >= 11 is 0. The Morgan fingerprint density at radius 3 is 2.82 bits per heavy atom. The van der Waals surface area contributed by atoms with Crippen molar-refractivity contribution in [2.45, 2.75) is 46.1 Å². The molecule has 0 aromatic rings. The van der Waals surface area contributed by atoms with Gasteiger partial charge in [0.15, 0.2) is 5.78 Å². The number of hydrogen-bond acceptors (Lipinski definition) is 5. The number of carbonyl (C=O) groups is 1. The molecule has 2 atom stereocenters. The van der Waals surface area contributed by atoms with Crippen LogP contribution in [0.3, 0.4) is 0 Å². The van der Waals surface area contributed by atoms with E-state index in [1.165, 1.54) is 29.7 Å². The Labute approximate surface area is 169 Å². The second-order valence-corrected chi connectivity index (χ2v) is 8.24. The van der Waals surface area contributed by atoms with Crippen LogP contribution in [0.2, 0.25) is 0 Å². The molecule has 0 saturated heterocycles. The number of dihydropyridines is 1. The fourth-order valence-corrected chi connectivity index (χ4v) is 4.08. The smallest absolute Gasteiger partial charge is 0.182 e. The third-order valence-electron chi connectivity index (χ3n) is 5.92. The summed E-state index contributed by atoms with van der Waals surface area (Å²) in [4.78, 5) is 19.9. The quantitative estimate of drug-likeness (QED) is 0.633. The number of nitrogens with one attached hydrogen (secondary N) is 2. The molecule has 0 radical (unpaired) electrons. The SMILES string of the molecule is CCC(C)C(=O)C1=C(C=NCC2=CC(C)=C(C3CC3)N(C)C2)C(NC)C=CN1. The third kappa shape index (κ3) is 4.46. The highest BCUT2D eigenvalue weighted by Gasteiger charge is 2.31. The van der Waals surface area contributed by atoms with Crippen LogP contribution >= 0.6 is 0 Å². The predicted octanol–water partition coefficient (Wildman–Crippen LogP) is 3.19. The summed E-state index contributed by atoms with van der Waals surface area (Å²) in [6.45, 7) is 7.84. The van der Waals surface area contributed by atoms with Crippen molar-refractivity contribution >= 4 is 12.0 Å². The van der Waals surface area contributed by atoms with E-state index >= 15 is 0 Å². The highest BCUT2D eigenvalue weighted by Crippen LogP contribution is 2.41. The minimum absolute atomic E-state index is 0.000818. The molecule has 0 spiro atoms. The molecule has 1 saturated carbocycles. The van der Waals surface area contributed by atoms with Crippen molar-refractivity contribution in [2.24, 2.45) is 16.8 Å². The summed E-state index contributed by atoms with van der Waals surface area (Å²) in [5.41, 5.74) is 5.79. The molecule has 3 rings (SSSR count). The minimum Gasteiger partial charge on any atom is -0.373 e. The first-order valence-electron chi connectivity index (χ1n) is 10.5. The molecule has 2 heterocycles. The first-order valence-corrected chi connectivity index (χ1v) is 10.5. The van der Waals surface area contributed by atoms with E-state index in [1.807, 2.05) is 39.4 Å². The second kappa shape index (κ2) is 8.91. The zero-order chi connectivity index (χ0) is 20.3. The predicted molar refractivity (Wildman–Crippen MR) is 116 cm³/mol. The number of aliphatic imine (C=N–C) groups is 1. The number of nitrogens with zero attached hydrogens (tertiary/aromatic N) is 2. The summed E-state index contributed by atoms with van der Waals surface area (Å²) in [5, 5.41) is 6.43. The zero-order valence-electron chi connectivity index (χ0n) is 17.9. The summed E-state index contributed by atoms with van der Waals surface area (Å²) < 4.78 is 0. The summed E-state index contributed by atoms with van der Waals surface area (Å²) in [5.74, 6) is 0.915. The lowest BCUT2D eigenvalue weighted by molar-refractivity contribution is -0.119. The molecular weight excluding hydrogens is 348 g/mol. The highest BCUT2D eigenvalue weighted by molar-refractivity contribution is 6.03. The molecule has 5 nitrogen and oxygen atoms in total. The first-order chi connectivity index (χ1) is 13.5. The van der Waals surface area contributed by atoms with Gasteiger partial charge < -0.3 is 15.5 Å². The van der Waals surface area contributed by atoms with Crippen molar-refractivity contribution in [1.29, 1.82) is 0 Å². The number of hydrogen-bond donors (Lipinski definition) is 2. The van der Waals surface area contributed by atoms with Crippen molar-refractivity contribution in [3.05, 3.63) is 46.5 Å². The van der Waals surface area contributed by atoms with Gasteiger partial charge in [0.05, 0.1) is 18.3 Å². The topological polar surface area (TPSA) is 56.7 Å². The van der Waals surface area contributed by atoms with Gasteiger partial charge in [-0.05, 0) is 62.6 Å². The van der Waals surface area contributed by atoms with E-state index in [0.717, 1.165) is 24.5 Å². The average Bonchev–Trinajstić information content (AvgIpc) is 3.51. The van der Waals surface area contributed by atoms with Gasteiger partial charge in [0.25, 0.3) is 0 Å². The molecule has 0 bridgehead atoms. The zero-order valence-corrected chi connectivity index (χ0v) is 17.9. The number of ketones is 1. The van der Waals surface area contributed by atoms with E-state index in [-0.39, 0.29) is 17.7 Å². The molecule has 2 unspecified atom stereocenters. The molecule has 5 heteroatoms. The van der Waals surface area contributed by atoms with Gasteiger partial charge in [0, 0.05) is 37.0 Å². The molecule has 0 amide bonds. The van der Waals surface area contributed by atoms with Crippen LogP contribution in [0.5, 0.6) is 0 Å². The molecule has 152 valence electrons. The lowest BCUT2D eigenvalue weighted by atomic mass is 9.94. The Morgan fingerprint density at radius 1 is 1.46 bits per heavy atom. The maximum atomic E-state index is 12.8. The Morgan fingerprint density at radius 2 is 2.21 bits per heavy atom. The van der Waals surface area contributed by atoms with Gasteiger partial charge in [0.1, 0.15) is 0 Å². The maximum absolute atomic E-state index is 12.8. The molecule has 0 aromatic carbocycles. The molecule has 1 aliphatic carbocycles. The lowest BCUT2D eigenvalue weighted by Gasteiger charge is -2.29. The van der Waals surface area contributed by atoms with E-state index in [4.69, 9.17) is 4.99 Å². The van der Waals surface area contributed by atoms with Crippen LogP contribution in [0, 0.1) is 11.8 Å². The van der Waals surface area contributed by atoms with E-state index in [2.05, 4.69) is 35.6 Å². The first kappa shape index (κ1) is 20.6. The van der Waals surface area contributed by atoms with Gasteiger partial charge in [-0.1, -0.05) is 19.9 Å². The minimum atomic E-state index is -0.00163. The molecule has 2 N–H and O–H groups in total. The number of allylic oxidation sites excluding steroid dienone is 4. The Kier molecular flexibility index (Phi) is 6.55. The molecule has 0 aromatic heterocycles. The molecule has 28 heavy (non-hydrogen) atoms. The number of rotatable bonds is 8. The van der Waals surface area contributed by atoms with Gasteiger partial charge in [-0.15, -0.1) is 0 Å². The Bertz CT molecular complexity index is 767. The van der Waals surface area contributed by atoms with Crippen LogP contribution in [0.15, 0.2) is 51.5 Å². The average molecular weight is 383 g/mol. The molecule has 2 aliphatic heterocycles. The van der Waals surface area contributed by atoms with Gasteiger partial charge in [0.2, 0.25) is 0 Å². The maximum Gasteiger partial charge on any atom is 0.182 e. The van der Waals surface area contributed by atoms with E-state index in [9.17, 15) is 4.79 Å². The summed E-state index contributed by atoms with van der Waals surface area (Å²) in [6.07, 6.45) is 11.5. The highest BCUT2D eigenvalue weighted by atomic mass is 16.1. The van der Waals surface area contributed by atoms with Crippen molar-refractivity contribution in [3.8, 4) is 0 Å².